The van der Waals surface area contributed by atoms with Gasteiger partial charge in [0.2, 0.25) is 0 Å². The van der Waals surface area contributed by atoms with Gasteiger partial charge in [-0.2, -0.15) is 5.10 Å². The molecule has 0 fully saturated rings. The van der Waals surface area contributed by atoms with Crippen LogP contribution in [0.15, 0.2) is 59.7 Å². The zero-order chi connectivity index (χ0) is 14.4. The van der Waals surface area contributed by atoms with Gasteiger partial charge in [-0.3, -0.25) is 9.47 Å². The molecule has 0 unspecified atom stereocenters. The van der Waals surface area contributed by atoms with E-state index in [9.17, 15) is 4.79 Å². The van der Waals surface area contributed by atoms with E-state index in [1.165, 1.54) is 0 Å². The Morgan fingerprint density at radius 3 is 2.35 bits per heavy atom. The van der Waals surface area contributed by atoms with Crippen molar-refractivity contribution in [2.75, 3.05) is 4.67 Å². The van der Waals surface area contributed by atoms with Crippen molar-refractivity contribution < 1.29 is 4.79 Å². The maximum absolute atomic E-state index is 10.8. The lowest BCUT2D eigenvalue weighted by molar-refractivity contribution is 0.112. The highest BCUT2D eigenvalue weighted by molar-refractivity contribution is 6.60. The minimum Gasteiger partial charge on any atom is -0.299 e. The molecule has 0 spiro atoms. The number of hydrogen-bond donors (Lipinski definition) is 0. The van der Waals surface area contributed by atoms with Crippen molar-refractivity contribution in [3.05, 3.63) is 65.7 Å². The van der Waals surface area contributed by atoms with Crippen LogP contribution in [0.1, 0.15) is 15.9 Å². The number of carbonyl (C=O) groups excluding carboxylic acids is 1. The summed E-state index contributed by atoms with van der Waals surface area (Å²) in [7, 11) is -1.11. The summed E-state index contributed by atoms with van der Waals surface area (Å²) < 4.78 is 2.09. The Labute approximate surface area is 121 Å². The standard InChI is InChI=1S/C16H18N2OSi/c1-20(2)18(16-9-4-3-5-10-16)17-12-14-7-6-8-15(11-14)13-19/h3-13,20H,1-2H3. The van der Waals surface area contributed by atoms with Gasteiger partial charge in [0, 0.05) is 11.3 Å². The van der Waals surface area contributed by atoms with Gasteiger partial charge in [0.25, 0.3) is 0 Å². The van der Waals surface area contributed by atoms with Crippen molar-refractivity contribution in [2.45, 2.75) is 13.1 Å². The molecule has 0 heterocycles. The largest absolute Gasteiger partial charge is 0.299 e. The lowest BCUT2D eigenvalue weighted by atomic mass is 10.1. The van der Waals surface area contributed by atoms with Crippen LogP contribution < -0.4 is 4.67 Å². The summed E-state index contributed by atoms with van der Waals surface area (Å²) in [5.74, 6) is 0. The fraction of sp³-hybridized carbons (Fsp3) is 0.125. The molecule has 3 nitrogen and oxygen atoms in total. The predicted molar refractivity (Wildman–Crippen MR) is 87.2 cm³/mol. The fourth-order valence-electron chi connectivity index (χ4n) is 1.92. The third-order valence-electron chi connectivity index (χ3n) is 2.89. The van der Waals surface area contributed by atoms with Crippen LogP contribution in [-0.2, 0) is 0 Å². The second-order valence-corrected chi connectivity index (χ2v) is 7.48. The highest BCUT2D eigenvalue weighted by Gasteiger charge is 2.09. The lowest BCUT2D eigenvalue weighted by Gasteiger charge is -2.22. The Bertz CT molecular complexity index is 596. The van der Waals surface area contributed by atoms with Gasteiger partial charge in [-0.05, 0) is 23.8 Å². The molecule has 0 aliphatic rings. The van der Waals surface area contributed by atoms with Crippen molar-refractivity contribution in [2.24, 2.45) is 5.10 Å². The monoisotopic (exact) mass is 282 g/mol. The van der Waals surface area contributed by atoms with E-state index in [0.717, 1.165) is 17.5 Å². The number of aldehydes is 1. The van der Waals surface area contributed by atoms with Gasteiger partial charge in [-0.15, -0.1) is 0 Å². The first kappa shape index (κ1) is 14.2. The molecule has 0 aliphatic heterocycles. The first-order valence-corrected chi connectivity index (χ1v) is 9.47. The summed E-state index contributed by atoms with van der Waals surface area (Å²) in [6.45, 7) is 4.46. The van der Waals surface area contributed by atoms with Crippen molar-refractivity contribution in [1.29, 1.82) is 0 Å². The number of hydrazone groups is 1. The second kappa shape index (κ2) is 6.82. The molecule has 2 aromatic rings. The summed E-state index contributed by atoms with van der Waals surface area (Å²) in [5, 5.41) is 4.59. The molecule has 0 atom stereocenters. The van der Waals surface area contributed by atoms with E-state index in [1.807, 2.05) is 42.6 Å². The van der Waals surface area contributed by atoms with Crippen LogP contribution in [0.5, 0.6) is 0 Å². The Hall–Kier alpha value is -2.20. The zero-order valence-corrected chi connectivity index (χ0v) is 12.9. The molecule has 20 heavy (non-hydrogen) atoms. The maximum atomic E-state index is 10.8. The van der Waals surface area contributed by atoms with Gasteiger partial charge in [0.1, 0.15) is 6.29 Å². The Balaban J connectivity index is 2.24. The molecule has 0 aromatic heterocycles. The van der Waals surface area contributed by atoms with Crippen molar-refractivity contribution in [1.82, 2.24) is 0 Å². The summed E-state index contributed by atoms with van der Waals surface area (Å²) in [6, 6.07) is 17.6. The Morgan fingerprint density at radius 1 is 1.00 bits per heavy atom. The van der Waals surface area contributed by atoms with Crippen LogP contribution in [0.3, 0.4) is 0 Å². The van der Waals surface area contributed by atoms with Crippen LogP contribution in [0.25, 0.3) is 0 Å². The minimum atomic E-state index is -1.11. The molecule has 0 aliphatic carbocycles. The average Bonchev–Trinajstić information content (AvgIpc) is 2.48. The van der Waals surface area contributed by atoms with E-state index in [1.54, 1.807) is 6.07 Å². The van der Waals surface area contributed by atoms with Crippen molar-refractivity contribution in [3.63, 3.8) is 0 Å². The quantitative estimate of drug-likeness (QED) is 0.365. The normalized spacial score (nSPS) is 10.9. The first-order valence-electron chi connectivity index (χ1n) is 6.64. The van der Waals surface area contributed by atoms with Crippen LogP contribution in [0.2, 0.25) is 13.1 Å². The van der Waals surface area contributed by atoms with Gasteiger partial charge in [-0.25, -0.2) is 0 Å². The van der Waals surface area contributed by atoms with Crippen LogP contribution >= 0.6 is 0 Å². The molecule has 0 bridgehead atoms. The Kier molecular flexibility index (Phi) is 4.84. The molecular formula is C16H18N2OSi. The number of carbonyl (C=O) groups is 1. The van der Waals surface area contributed by atoms with Gasteiger partial charge >= 0.3 is 0 Å². The molecule has 0 radical (unpaired) electrons. The summed E-state index contributed by atoms with van der Waals surface area (Å²) in [4.78, 5) is 10.8. The highest BCUT2D eigenvalue weighted by atomic mass is 28.3. The van der Waals surface area contributed by atoms with Crippen LogP contribution in [0.4, 0.5) is 5.69 Å². The number of para-hydroxylation sites is 1. The number of rotatable bonds is 5. The van der Waals surface area contributed by atoms with Crippen molar-refractivity contribution >= 4 is 27.1 Å². The third-order valence-corrected chi connectivity index (χ3v) is 4.30. The van der Waals surface area contributed by atoms with E-state index < -0.39 is 8.96 Å². The topological polar surface area (TPSA) is 32.7 Å². The molecule has 0 saturated carbocycles. The second-order valence-electron chi connectivity index (χ2n) is 4.81. The maximum Gasteiger partial charge on any atom is 0.164 e. The number of nitrogens with zero attached hydrogens (tertiary/aromatic N) is 2. The average molecular weight is 282 g/mol. The minimum absolute atomic E-state index is 0.669. The third kappa shape index (κ3) is 3.65. The van der Waals surface area contributed by atoms with Gasteiger partial charge in [-0.1, -0.05) is 49.5 Å². The SMILES string of the molecule is C[SiH](C)N(N=Cc1cccc(C=O)c1)c1ccccc1. The molecule has 0 saturated heterocycles. The molecule has 102 valence electrons. The van der Waals surface area contributed by atoms with Crippen molar-refractivity contribution in [3.8, 4) is 0 Å². The first-order chi connectivity index (χ1) is 9.70. The Morgan fingerprint density at radius 2 is 1.70 bits per heavy atom. The molecule has 0 N–H and O–H groups in total. The number of anilines is 1. The van der Waals surface area contributed by atoms with E-state index in [4.69, 9.17) is 0 Å². The molecule has 4 heteroatoms. The summed E-state index contributed by atoms with van der Waals surface area (Å²) in [6.07, 6.45) is 2.66. The van der Waals surface area contributed by atoms with E-state index >= 15 is 0 Å². The van der Waals surface area contributed by atoms with Gasteiger partial charge in [0.15, 0.2) is 8.96 Å². The summed E-state index contributed by atoms with van der Waals surface area (Å²) in [5.41, 5.74) is 2.71. The summed E-state index contributed by atoms with van der Waals surface area (Å²) >= 11 is 0. The fourth-order valence-corrected chi connectivity index (χ4v) is 3.02. The van der Waals surface area contributed by atoms with Crippen LogP contribution in [0, 0.1) is 0 Å². The molecule has 2 aromatic carbocycles. The van der Waals surface area contributed by atoms with E-state index in [0.29, 0.717) is 5.56 Å². The van der Waals surface area contributed by atoms with Gasteiger partial charge in [0.05, 0.1) is 6.21 Å². The number of hydrogen-bond acceptors (Lipinski definition) is 3. The van der Waals surface area contributed by atoms with Crippen LogP contribution in [-0.4, -0.2) is 21.5 Å². The lowest BCUT2D eigenvalue weighted by Crippen LogP contribution is -2.29. The highest BCUT2D eigenvalue weighted by Crippen LogP contribution is 2.15. The predicted octanol–water partition coefficient (Wildman–Crippen LogP) is 3.32. The molecule has 2 rings (SSSR count). The number of benzene rings is 2. The van der Waals surface area contributed by atoms with E-state index in [-0.39, 0.29) is 0 Å². The smallest absolute Gasteiger partial charge is 0.164 e. The molecular weight excluding hydrogens is 264 g/mol. The van der Waals surface area contributed by atoms with Gasteiger partial charge < -0.3 is 0 Å². The zero-order valence-electron chi connectivity index (χ0n) is 11.7. The van der Waals surface area contributed by atoms with E-state index in [2.05, 4.69) is 35.0 Å². The molecule has 0 amide bonds.